The van der Waals surface area contributed by atoms with Gasteiger partial charge in [0.05, 0.1) is 23.1 Å². The number of amides is 1. The number of ketones is 1. The van der Waals surface area contributed by atoms with Crippen LogP contribution in [0.25, 0.3) is 5.76 Å². The van der Waals surface area contributed by atoms with Gasteiger partial charge in [0, 0.05) is 37.8 Å². The maximum atomic E-state index is 12.9. The van der Waals surface area contributed by atoms with Gasteiger partial charge in [0.15, 0.2) is 0 Å². The Morgan fingerprint density at radius 3 is 2.38 bits per heavy atom. The molecule has 170 valence electrons. The molecule has 0 aliphatic carbocycles. The zero-order valence-corrected chi connectivity index (χ0v) is 20.2. The fourth-order valence-corrected chi connectivity index (χ4v) is 4.79. The molecule has 1 saturated heterocycles. The number of methoxy groups -OCH3 is 1. The maximum Gasteiger partial charge on any atom is 0.295 e. The smallest absolute Gasteiger partial charge is 0.295 e. The van der Waals surface area contributed by atoms with E-state index in [1.54, 1.807) is 18.2 Å². The summed E-state index contributed by atoms with van der Waals surface area (Å²) in [5, 5.41) is 11.0. The van der Waals surface area contributed by atoms with E-state index < -0.39 is 27.8 Å². The summed E-state index contributed by atoms with van der Waals surface area (Å²) in [5.41, 5.74) is 0.808. The number of ether oxygens (including phenoxy) is 1. The standard InChI is InChI=1S/C22H23BrN2O6S/c1-24(2)32(29,30)17-9-7-14(8-10-17)20(26)18-19(15-5-4-6-16(23)13-15)25(11-12-31-3)22(28)21(18)27/h4-10,13,19,26H,11-12H2,1-3H3/b20-18+/t19-/m0/s1. The minimum absolute atomic E-state index is 0.0446. The van der Waals surface area contributed by atoms with Crippen LogP contribution >= 0.6 is 15.9 Å². The molecule has 1 N–H and O–H groups in total. The molecule has 0 bridgehead atoms. The van der Waals surface area contributed by atoms with Gasteiger partial charge in [-0.1, -0.05) is 28.1 Å². The topological polar surface area (TPSA) is 104 Å². The van der Waals surface area contributed by atoms with E-state index in [4.69, 9.17) is 4.74 Å². The Hall–Kier alpha value is -2.53. The number of nitrogens with zero attached hydrogens (tertiary/aromatic N) is 2. The van der Waals surface area contributed by atoms with E-state index in [-0.39, 0.29) is 34.9 Å². The number of sulfonamides is 1. The molecule has 0 saturated carbocycles. The number of Topliss-reactive ketones (excluding diaryl/α,β-unsaturated/α-hetero) is 1. The van der Waals surface area contributed by atoms with Crippen LogP contribution in [0.15, 0.2) is 63.5 Å². The van der Waals surface area contributed by atoms with Crippen LogP contribution < -0.4 is 0 Å². The van der Waals surface area contributed by atoms with Gasteiger partial charge < -0.3 is 14.7 Å². The van der Waals surface area contributed by atoms with Crippen LogP contribution in [0.5, 0.6) is 0 Å². The summed E-state index contributed by atoms with van der Waals surface area (Å²) in [7, 11) is 0.685. The van der Waals surface area contributed by atoms with Crippen LogP contribution in [-0.2, 0) is 24.3 Å². The summed E-state index contributed by atoms with van der Waals surface area (Å²) in [6.07, 6.45) is 0. The zero-order chi connectivity index (χ0) is 23.6. The number of halogens is 1. The summed E-state index contributed by atoms with van der Waals surface area (Å²) >= 11 is 3.40. The monoisotopic (exact) mass is 522 g/mol. The van der Waals surface area contributed by atoms with Crippen molar-refractivity contribution < 1.29 is 27.9 Å². The average Bonchev–Trinajstić information content (AvgIpc) is 3.02. The lowest BCUT2D eigenvalue weighted by atomic mass is 9.95. The van der Waals surface area contributed by atoms with Gasteiger partial charge in [0.25, 0.3) is 11.7 Å². The number of benzene rings is 2. The molecule has 32 heavy (non-hydrogen) atoms. The first kappa shape index (κ1) is 24.1. The van der Waals surface area contributed by atoms with Crippen LogP contribution in [0.3, 0.4) is 0 Å². The Bertz CT molecular complexity index is 1180. The van der Waals surface area contributed by atoms with E-state index in [2.05, 4.69) is 15.9 Å². The van der Waals surface area contributed by atoms with E-state index in [1.807, 2.05) is 6.07 Å². The van der Waals surface area contributed by atoms with Crippen molar-refractivity contribution >= 4 is 43.4 Å². The third-order valence-electron chi connectivity index (χ3n) is 5.15. The Kier molecular flexibility index (Phi) is 7.19. The predicted octanol–water partition coefficient (Wildman–Crippen LogP) is 2.77. The minimum atomic E-state index is -3.65. The molecule has 10 heteroatoms. The SMILES string of the molecule is COCCN1C(=O)C(=O)/C(=C(/O)c2ccc(S(=O)(=O)N(C)C)cc2)[C@@H]1c1cccc(Br)c1. The summed E-state index contributed by atoms with van der Waals surface area (Å²) in [6, 6.07) is 11.8. The summed E-state index contributed by atoms with van der Waals surface area (Å²) in [4.78, 5) is 27.1. The number of rotatable bonds is 7. The fraction of sp³-hybridized carbons (Fsp3) is 0.273. The molecule has 2 aromatic rings. The van der Waals surface area contributed by atoms with Gasteiger partial charge in [-0.15, -0.1) is 0 Å². The van der Waals surface area contributed by atoms with Crippen molar-refractivity contribution in [1.29, 1.82) is 0 Å². The Labute approximate surface area is 195 Å². The van der Waals surface area contributed by atoms with Gasteiger partial charge >= 0.3 is 0 Å². The summed E-state index contributed by atoms with van der Waals surface area (Å²) < 4.78 is 31.5. The number of carbonyl (C=O) groups excluding carboxylic acids is 2. The van der Waals surface area contributed by atoms with Gasteiger partial charge in [-0.25, -0.2) is 12.7 Å². The Morgan fingerprint density at radius 2 is 1.81 bits per heavy atom. The van der Waals surface area contributed by atoms with Crippen molar-refractivity contribution in [2.75, 3.05) is 34.4 Å². The first-order valence-corrected chi connectivity index (χ1v) is 11.9. The van der Waals surface area contributed by atoms with Crippen LogP contribution in [0.2, 0.25) is 0 Å². The number of aliphatic hydroxyl groups is 1. The largest absolute Gasteiger partial charge is 0.507 e. The normalized spacial score (nSPS) is 18.5. The van der Waals surface area contributed by atoms with Crippen molar-refractivity contribution in [2.45, 2.75) is 10.9 Å². The van der Waals surface area contributed by atoms with Crippen LogP contribution in [0, 0.1) is 0 Å². The number of hydrogen-bond acceptors (Lipinski definition) is 6. The van der Waals surface area contributed by atoms with Gasteiger partial charge in [-0.3, -0.25) is 9.59 Å². The van der Waals surface area contributed by atoms with E-state index in [9.17, 15) is 23.1 Å². The highest BCUT2D eigenvalue weighted by molar-refractivity contribution is 9.10. The van der Waals surface area contributed by atoms with Crippen molar-refractivity contribution in [1.82, 2.24) is 9.21 Å². The number of hydrogen-bond donors (Lipinski definition) is 1. The van der Waals surface area contributed by atoms with E-state index >= 15 is 0 Å². The number of likely N-dealkylation sites (tertiary alicyclic amines) is 1. The average molecular weight is 523 g/mol. The van der Waals surface area contributed by atoms with Crippen molar-refractivity contribution in [3.8, 4) is 0 Å². The number of aliphatic hydroxyl groups excluding tert-OH is 1. The van der Waals surface area contributed by atoms with Gasteiger partial charge in [0.2, 0.25) is 10.0 Å². The summed E-state index contributed by atoms with van der Waals surface area (Å²) in [6.45, 7) is 0.379. The fourth-order valence-electron chi connectivity index (χ4n) is 3.47. The van der Waals surface area contributed by atoms with Gasteiger partial charge in [-0.05, 0) is 42.0 Å². The highest BCUT2D eigenvalue weighted by Gasteiger charge is 2.45. The quantitative estimate of drug-likeness (QED) is 0.340. The van der Waals surface area contributed by atoms with Crippen LogP contribution in [-0.4, -0.2) is 68.8 Å². The molecule has 1 aliphatic heterocycles. The molecule has 0 radical (unpaired) electrons. The Balaban J connectivity index is 2.13. The summed E-state index contributed by atoms with van der Waals surface area (Å²) in [5.74, 6) is -1.92. The third kappa shape index (κ3) is 4.49. The third-order valence-corrected chi connectivity index (χ3v) is 7.47. The lowest BCUT2D eigenvalue weighted by Gasteiger charge is -2.25. The lowest BCUT2D eigenvalue weighted by Crippen LogP contribution is -2.32. The molecule has 1 heterocycles. The molecular formula is C22H23BrN2O6S. The molecule has 0 aromatic heterocycles. The second-order valence-electron chi connectivity index (χ2n) is 7.35. The molecule has 1 amide bonds. The predicted molar refractivity (Wildman–Crippen MR) is 122 cm³/mol. The van der Waals surface area contributed by atoms with E-state index in [0.717, 1.165) is 8.78 Å². The lowest BCUT2D eigenvalue weighted by molar-refractivity contribution is -0.140. The zero-order valence-electron chi connectivity index (χ0n) is 17.8. The Morgan fingerprint density at radius 1 is 1.16 bits per heavy atom. The van der Waals surface area contributed by atoms with E-state index in [0.29, 0.717) is 5.56 Å². The molecule has 1 atom stereocenters. The molecule has 0 unspecified atom stereocenters. The van der Waals surface area contributed by atoms with Crippen molar-refractivity contribution in [3.05, 3.63) is 69.7 Å². The molecule has 1 aliphatic rings. The van der Waals surface area contributed by atoms with Crippen molar-refractivity contribution in [3.63, 3.8) is 0 Å². The maximum absolute atomic E-state index is 12.9. The molecule has 3 rings (SSSR count). The highest BCUT2D eigenvalue weighted by atomic mass is 79.9. The second-order valence-corrected chi connectivity index (χ2v) is 10.4. The van der Waals surface area contributed by atoms with Gasteiger partial charge in [-0.2, -0.15) is 0 Å². The first-order valence-electron chi connectivity index (χ1n) is 9.65. The first-order chi connectivity index (χ1) is 15.1. The second kappa shape index (κ2) is 9.53. The van der Waals surface area contributed by atoms with Crippen LogP contribution in [0.4, 0.5) is 0 Å². The highest BCUT2D eigenvalue weighted by Crippen LogP contribution is 2.40. The molecule has 1 fully saturated rings. The molecule has 2 aromatic carbocycles. The molecule has 8 nitrogen and oxygen atoms in total. The number of carbonyl (C=O) groups is 2. The van der Waals surface area contributed by atoms with Crippen LogP contribution in [0.1, 0.15) is 17.2 Å². The van der Waals surface area contributed by atoms with E-state index in [1.165, 1.54) is 50.4 Å². The molecule has 0 spiro atoms. The van der Waals surface area contributed by atoms with Crippen molar-refractivity contribution in [2.24, 2.45) is 0 Å². The van der Waals surface area contributed by atoms with Gasteiger partial charge in [0.1, 0.15) is 5.76 Å². The minimum Gasteiger partial charge on any atom is -0.507 e. The molecular weight excluding hydrogens is 500 g/mol.